The van der Waals surface area contributed by atoms with Crippen LogP contribution in [0.3, 0.4) is 0 Å². The van der Waals surface area contributed by atoms with Gasteiger partial charge in [0.15, 0.2) is 0 Å². The van der Waals surface area contributed by atoms with Gasteiger partial charge in [-0.05, 0) is 140 Å². The highest BCUT2D eigenvalue weighted by molar-refractivity contribution is 5.84. The normalized spacial score (nSPS) is 45.4. The molecule has 0 aromatic heterocycles. The lowest BCUT2D eigenvalue weighted by Crippen LogP contribution is -2.67. The Morgan fingerprint density at radius 2 is 1.74 bits per heavy atom. The van der Waals surface area contributed by atoms with Crippen LogP contribution in [-0.2, 0) is 11.3 Å². The van der Waals surface area contributed by atoms with Crippen molar-refractivity contribution in [2.45, 2.75) is 118 Å². The highest BCUT2D eigenvalue weighted by Crippen LogP contribution is 2.77. The fourth-order valence-electron chi connectivity index (χ4n) is 12.6. The molecule has 4 heteroatoms. The Morgan fingerprint density at radius 3 is 2.45 bits per heavy atom. The van der Waals surface area contributed by atoms with E-state index in [-0.39, 0.29) is 39.1 Å². The fourth-order valence-corrected chi connectivity index (χ4v) is 12.6. The predicted octanol–water partition coefficient (Wildman–Crippen LogP) is 8.19. The topological polar surface area (TPSA) is 73.1 Å². The van der Waals surface area contributed by atoms with Crippen molar-refractivity contribution in [2.75, 3.05) is 0 Å². The number of aliphatic hydroxyl groups is 1. The Morgan fingerprint density at radius 1 is 0.976 bits per heavy atom. The van der Waals surface area contributed by atoms with Crippen LogP contribution in [0.25, 0.3) is 0 Å². The molecular formula is C38H54N2O2. The van der Waals surface area contributed by atoms with Crippen LogP contribution in [0.1, 0.15) is 117 Å². The number of allylic oxidation sites excluding steroid dienone is 1. The van der Waals surface area contributed by atoms with Gasteiger partial charge in [-0.25, -0.2) is 0 Å². The van der Waals surface area contributed by atoms with Gasteiger partial charge in [0.25, 0.3) is 0 Å². The van der Waals surface area contributed by atoms with Gasteiger partial charge in [-0.15, -0.1) is 0 Å². The third-order valence-corrected chi connectivity index (χ3v) is 15.0. The number of amides is 1. The largest absolute Gasteiger partial charge is 0.393 e. The third-order valence-electron chi connectivity index (χ3n) is 15.0. The summed E-state index contributed by atoms with van der Waals surface area (Å²) in [6.45, 7) is 19.7. The zero-order valence-electron chi connectivity index (χ0n) is 27.1. The number of carbonyl (C=O) groups is 1. The second-order valence-electron chi connectivity index (χ2n) is 16.7. The van der Waals surface area contributed by atoms with Crippen molar-refractivity contribution in [3.63, 3.8) is 0 Å². The first-order valence-electron chi connectivity index (χ1n) is 16.9. The second kappa shape index (κ2) is 9.95. The van der Waals surface area contributed by atoms with E-state index in [2.05, 4.69) is 59.5 Å². The van der Waals surface area contributed by atoms with Crippen LogP contribution in [0.15, 0.2) is 36.4 Å². The molecule has 1 aromatic rings. The van der Waals surface area contributed by atoms with Gasteiger partial charge in [0.1, 0.15) is 0 Å². The monoisotopic (exact) mass is 570 g/mol. The summed E-state index contributed by atoms with van der Waals surface area (Å²) in [6.07, 6.45) is 10.9. The number of benzene rings is 1. The summed E-state index contributed by atoms with van der Waals surface area (Å²) in [7, 11) is 0. The predicted molar refractivity (Wildman–Crippen MR) is 168 cm³/mol. The van der Waals surface area contributed by atoms with E-state index in [1.165, 1.54) is 31.3 Å². The summed E-state index contributed by atoms with van der Waals surface area (Å²) in [5.41, 5.74) is 3.21. The molecule has 5 saturated carbocycles. The zero-order chi connectivity index (χ0) is 30.3. The van der Waals surface area contributed by atoms with Crippen LogP contribution < -0.4 is 5.32 Å². The Hall–Kier alpha value is -2.12. The number of fused-ring (bicyclic) bond motifs is 7. The number of rotatable bonds is 4. The van der Waals surface area contributed by atoms with Gasteiger partial charge in [-0.3, -0.25) is 4.79 Å². The van der Waals surface area contributed by atoms with Gasteiger partial charge < -0.3 is 10.4 Å². The van der Waals surface area contributed by atoms with Crippen molar-refractivity contribution in [2.24, 2.45) is 56.7 Å². The number of hydrogen-bond donors (Lipinski definition) is 2. The van der Waals surface area contributed by atoms with Crippen molar-refractivity contribution in [1.29, 1.82) is 5.26 Å². The van der Waals surface area contributed by atoms with Gasteiger partial charge in [0.05, 0.1) is 23.2 Å². The third kappa shape index (κ3) is 3.97. The lowest BCUT2D eigenvalue weighted by atomic mass is 9.32. The first-order valence-corrected chi connectivity index (χ1v) is 16.9. The van der Waals surface area contributed by atoms with Gasteiger partial charge >= 0.3 is 0 Å². The first-order chi connectivity index (χ1) is 19.7. The van der Waals surface area contributed by atoms with E-state index in [1.807, 2.05) is 24.3 Å². The highest BCUT2D eigenvalue weighted by atomic mass is 16.3. The maximum atomic E-state index is 14.4. The molecule has 2 N–H and O–H groups in total. The molecule has 5 aliphatic carbocycles. The molecule has 10 atom stereocenters. The molecule has 0 heterocycles. The van der Waals surface area contributed by atoms with Crippen molar-refractivity contribution >= 4 is 5.91 Å². The van der Waals surface area contributed by atoms with Crippen molar-refractivity contribution in [3.05, 3.63) is 47.5 Å². The molecule has 0 radical (unpaired) electrons. The lowest BCUT2D eigenvalue weighted by molar-refractivity contribution is -0.246. The summed E-state index contributed by atoms with van der Waals surface area (Å²) in [6, 6.07) is 9.84. The molecule has 4 unspecified atom stereocenters. The minimum atomic E-state index is -0.331. The number of carbonyl (C=O) groups excluding carboxylic acids is 1. The van der Waals surface area contributed by atoms with Crippen molar-refractivity contribution in [3.8, 4) is 6.07 Å². The van der Waals surface area contributed by atoms with E-state index in [0.717, 1.165) is 44.1 Å². The quantitative estimate of drug-likeness (QED) is 0.358. The van der Waals surface area contributed by atoms with E-state index < -0.39 is 0 Å². The molecule has 6 rings (SSSR count). The minimum Gasteiger partial charge on any atom is -0.393 e. The molecule has 0 aliphatic heterocycles. The summed E-state index contributed by atoms with van der Waals surface area (Å²) in [5, 5.41) is 23.7. The Bertz CT molecular complexity index is 1310. The standard InChI is InChI=1S/C38H54N2O2/c1-24(2)27-13-18-38(33(42)40-23-26-10-8-9-25(21-26)22-39)20-19-36(6)28(32(27)38)11-12-30-35(5)16-15-31(41)34(3,4)29(35)14-17-37(30,36)7/h8-10,21,27-32,41H,1,11-20,23H2,2-7H3,(H,40,42)/t27-,28?,29?,30?,31-,32?,35-,36+,37+,38-/m0/s1. The van der Waals surface area contributed by atoms with Gasteiger partial charge in [0, 0.05) is 6.54 Å². The number of nitrogens with zero attached hydrogens (tertiary/aromatic N) is 1. The summed E-state index contributed by atoms with van der Waals surface area (Å²) in [4.78, 5) is 14.4. The Kier molecular flexibility index (Phi) is 7.09. The van der Waals surface area contributed by atoms with Gasteiger partial charge in [0.2, 0.25) is 5.91 Å². The van der Waals surface area contributed by atoms with E-state index in [4.69, 9.17) is 0 Å². The minimum absolute atomic E-state index is 0.0326. The van der Waals surface area contributed by atoms with Crippen LogP contribution in [-0.4, -0.2) is 17.1 Å². The molecule has 4 nitrogen and oxygen atoms in total. The van der Waals surface area contributed by atoms with Crippen molar-refractivity contribution < 1.29 is 9.90 Å². The first kappa shape index (κ1) is 29.9. The van der Waals surface area contributed by atoms with Crippen molar-refractivity contribution in [1.82, 2.24) is 5.32 Å². The Labute approximate surface area is 254 Å². The Balaban J connectivity index is 1.32. The molecular weight excluding hydrogens is 516 g/mol. The fraction of sp³-hybridized carbons (Fsp3) is 0.737. The van der Waals surface area contributed by atoms with Crippen LogP contribution in [0.2, 0.25) is 0 Å². The second-order valence-corrected chi connectivity index (χ2v) is 16.7. The van der Waals surface area contributed by atoms with E-state index in [9.17, 15) is 15.2 Å². The average Bonchev–Trinajstić information content (AvgIpc) is 3.36. The molecule has 1 amide bonds. The summed E-state index contributed by atoms with van der Waals surface area (Å²) in [5.74, 6) is 2.72. The van der Waals surface area contributed by atoms with E-state index in [1.54, 1.807) is 0 Å². The van der Waals surface area contributed by atoms with Gasteiger partial charge in [-0.2, -0.15) is 5.26 Å². The van der Waals surface area contributed by atoms with Crippen LogP contribution in [0, 0.1) is 68.0 Å². The summed E-state index contributed by atoms with van der Waals surface area (Å²) >= 11 is 0. The SMILES string of the molecule is C=C(C)[C@@H]1CC[C@]2(C(=O)NCc3cccc(C#N)c3)CC[C@]3(C)C(CCC4[C@@]5(C)CC[C@H](O)C(C)(C)C5CC[C@]43C)C12. The van der Waals surface area contributed by atoms with E-state index in [0.29, 0.717) is 41.7 Å². The molecule has 1 aromatic carbocycles. The molecule has 5 fully saturated rings. The molecule has 5 aliphatic rings. The highest BCUT2D eigenvalue weighted by Gasteiger charge is 2.71. The van der Waals surface area contributed by atoms with Crippen LogP contribution in [0.4, 0.5) is 0 Å². The lowest BCUT2D eigenvalue weighted by Gasteiger charge is -2.72. The van der Waals surface area contributed by atoms with E-state index >= 15 is 0 Å². The molecule has 228 valence electrons. The van der Waals surface area contributed by atoms with Gasteiger partial charge in [-0.1, -0.05) is 58.9 Å². The molecule has 0 bridgehead atoms. The maximum absolute atomic E-state index is 14.4. The van der Waals surface area contributed by atoms with Crippen LogP contribution >= 0.6 is 0 Å². The zero-order valence-corrected chi connectivity index (χ0v) is 27.1. The number of nitriles is 1. The number of aliphatic hydroxyl groups excluding tert-OH is 1. The van der Waals surface area contributed by atoms with Crippen LogP contribution in [0.5, 0.6) is 0 Å². The number of nitrogens with one attached hydrogen (secondary N) is 1. The smallest absolute Gasteiger partial charge is 0.226 e. The maximum Gasteiger partial charge on any atom is 0.226 e. The average molecular weight is 571 g/mol. The molecule has 0 spiro atoms. The number of hydrogen-bond acceptors (Lipinski definition) is 3. The molecule has 42 heavy (non-hydrogen) atoms. The summed E-state index contributed by atoms with van der Waals surface area (Å²) < 4.78 is 0. The molecule has 0 saturated heterocycles.